The number of aromatic hydroxyl groups is 1. The smallest absolute Gasteiger partial charge is 0.305 e. The lowest BCUT2D eigenvalue weighted by atomic mass is 9.99. The van der Waals surface area contributed by atoms with Crippen LogP contribution < -0.4 is 4.74 Å². The molecule has 0 unspecified atom stereocenters. The van der Waals surface area contributed by atoms with Gasteiger partial charge in [-0.05, 0) is 30.7 Å². The summed E-state index contributed by atoms with van der Waals surface area (Å²) in [4.78, 5) is 12.0. The Balaban J connectivity index is 1.71. The maximum Gasteiger partial charge on any atom is 0.305 e. The summed E-state index contributed by atoms with van der Waals surface area (Å²) in [5, 5.41) is 39.7. The van der Waals surface area contributed by atoms with E-state index in [4.69, 9.17) is 14.2 Å². The van der Waals surface area contributed by atoms with E-state index in [1.807, 2.05) is 0 Å². The average Bonchev–Trinajstić information content (AvgIpc) is 2.76. The third-order valence-electron chi connectivity index (χ3n) is 5.40. The van der Waals surface area contributed by atoms with Crippen molar-refractivity contribution in [2.75, 3.05) is 6.61 Å². The highest BCUT2D eigenvalue weighted by Gasteiger charge is 2.45. The van der Waals surface area contributed by atoms with E-state index in [0.717, 1.165) is 19.3 Å². The molecule has 1 aromatic carbocycles. The van der Waals surface area contributed by atoms with Crippen molar-refractivity contribution in [3.63, 3.8) is 0 Å². The first kappa shape index (κ1) is 25.4. The molecule has 1 aliphatic heterocycles. The highest BCUT2D eigenvalue weighted by atomic mass is 16.7. The number of ether oxygens (including phenoxy) is 3. The van der Waals surface area contributed by atoms with Gasteiger partial charge in [0.2, 0.25) is 6.29 Å². The standard InChI is InChI=1S/C23H36O8/c1-2-3-4-5-6-7-8-9-10-19(25)29-15-18-20(26)21(27)22(28)23(31-18)30-17-13-11-16(24)12-14-17/h11-14,18,20-24,26-28H,2-10,15H2,1H3/t18-,20-,21+,22-,23+/m1/s1. The summed E-state index contributed by atoms with van der Waals surface area (Å²) in [6, 6.07) is 5.75. The van der Waals surface area contributed by atoms with E-state index in [2.05, 4.69) is 6.92 Å². The Morgan fingerprint density at radius 2 is 1.52 bits per heavy atom. The average molecular weight is 441 g/mol. The fraction of sp³-hybridized carbons (Fsp3) is 0.696. The SMILES string of the molecule is CCCCCCCCCCC(=O)OC[C@H]1O[C@H](Oc2ccc(O)cc2)[C@H](O)[C@@H](O)[C@@H]1O. The van der Waals surface area contributed by atoms with Gasteiger partial charge >= 0.3 is 5.97 Å². The molecule has 2 rings (SSSR count). The lowest BCUT2D eigenvalue weighted by molar-refractivity contribution is -0.278. The van der Waals surface area contributed by atoms with E-state index >= 15 is 0 Å². The molecule has 0 amide bonds. The van der Waals surface area contributed by atoms with Crippen LogP contribution in [0.15, 0.2) is 24.3 Å². The van der Waals surface area contributed by atoms with E-state index in [1.165, 1.54) is 56.4 Å². The van der Waals surface area contributed by atoms with Crippen LogP contribution in [0.2, 0.25) is 0 Å². The van der Waals surface area contributed by atoms with E-state index in [-0.39, 0.29) is 18.8 Å². The van der Waals surface area contributed by atoms with Crippen molar-refractivity contribution in [3.8, 4) is 11.5 Å². The summed E-state index contributed by atoms with van der Waals surface area (Å²) in [5.74, 6) is -0.0384. The Hall–Kier alpha value is -1.87. The molecule has 1 saturated heterocycles. The molecule has 8 heteroatoms. The molecule has 176 valence electrons. The molecule has 31 heavy (non-hydrogen) atoms. The second kappa shape index (κ2) is 13.5. The third kappa shape index (κ3) is 8.65. The molecule has 0 aliphatic carbocycles. The number of benzene rings is 1. The van der Waals surface area contributed by atoms with Gasteiger partial charge in [0, 0.05) is 6.42 Å². The van der Waals surface area contributed by atoms with Gasteiger partial charge in [0.25, 0.3) is 0 Å². The number of rotatable bonds is 13. The van der Waals surface area contributed by atoms with Crippen LogP contribution in [-0.4, -0.2) is 63.7 Å². The van der Waals surface area contributed by atoms with Gasteiger partial charge in [0.15, 0.2) is 0 Å². The predicted molar refractivity (Wildman–Crippen MR) is 114 cm³/mol. The fourth-order valence-electron chi connectivity index (χ4n) is 3.46. The number of carbonyl (C=O) groups is 1. The van der Waals surface area contributed by atoms with E-state index in [0.29, 0.717) is 5.75 Å². The minimum atomic E-state index is -1.52. The molecule has 8 nitrogen and oxygen atoms in total. The number of carbonyl (C=O) groups excluding carboxylic acids is 1. The van der Waals surface area contributed by atoms with E-state index in [9.17, 15) is 25.2 Å². The van der Waals surface area contributed by atoms with Gasteiger partial charge in [-0.25, -0.2) is 0 Å². The normalized spacial score (nSPS) is 25.9. The van der Waals surface area contributed by atoms with Crippen LogP contribution in [0.3, 0.4) is 0 Å². The number of phenolic OH excluding ortho intramolecular Hbond substituents is 1. The third-order valence-corrected chi connectivity index (χ3v) is 5.40. The summed E-state index contributed by atoms with van der Waals surface area (Å²) in [6.45, 7) is 1.94. The Kier molecular flexibility index (Phi) is 11.1. The number of hydrogen-bond acceptors (Lipinski definition) is 8. The largest absolute Gasteiger partial charge is 0.508 e. The molecular weight excluding hydrogens is 404 g/mol. The van der Waals surface area contributed by atoms with Crippen LogP contribution in [0.1, 0.15) is 64.7 Å². The highest BCUT2D eigenvalue weighted by molar-refractivity contribution is 5.69. The van der Waals surface area contributed by atoms with Gasteiger partial charge in [-0.1, -0.05) is 51.9 Å². The molecule has 0 saturated carbocycles. The Labute approximate surface area is 183 Å². The van der Waals surface area contributed by atoms with Crippen molar-refractivity contribution in [3.05, 3.63) is 24.3 Å². The molecule has 1 aliphatic rings. The second-order valence-corrected chi connectivity index (χ2v) is 8.03. The quantitative estimate of drug-likeness (QED) is 0.272. The van der Waals surface area contributed by atoms with Gasteiger partial charge in [0.1, 0.15) is 42.5 Å². The summed E-state index contributed by atoms with van der Waals surface area (Å²) >= 11 is 0. The van der Waals surface area contributed by atoms with Crippen molar-refractivity contribution < 1.29 is 39.4 Å². The Morgan fingerprint density at radius 1 is 0.903 bits per heavy atom. The van der Waals surface area contributed by atoms with Crippen molar-refractivity contribution in [1.29, 1.82) is 0 Å². The number of hydrogen-bond donors (Lipinski definition) is 4. The topological polar surface area (TPSA) is 126 Å². The molecule has 1 fully saturated rings. The first-order valence-corrected chi connectivity index (χ1v) is 11.2. The van der Waals surface area contributed by atoms with Gasteiger partial charge in [-0.2, -0.15) is 0 Å². The van der Waals surface area contributed by atoms with Gasteiger partial charge in [-0.3, -0.25) is 4.79 Å². The summed E-state index contributed by atoms with van der Waals surface area (Å²) in [7, 11) is 0. The first-order valence-electron chi connectivity index (χ1n) is 11.2. The zero-order valence-electron chi connectivity index (χ0n) is 18.2. The van der Waals surface area contributed by atoms with E-state index in [1.54, 1.807) is 0 Å². The van der Waals surface area contributed by atoms with Crippen LogP contribution in [0, 0.1) is 0 Å². The first-order chi connectivity index (χ1) is 14.9. The molecule has 1 heterocycles. The molecular formula is C23H36O8. The van der Waals surface area contributed by atoms with Crippen molar-refractivity contribution in [2.24, 2.45) is 0 Å². The molecule has 0 bridgehead atoms. The van der Waals surface area contributed by atoms with Crippen LogP contribution in [0.4, 0.5) is 0 Å². The van der Waals surface area contributed by atoms with Crippen LogP contribution in [0.5, 0.6) is 11.5 Å². The Morgan fingerprint density at radius 3 is 2.16 bits per heavy atom. The lowest BCUT2D eigenvalue weighted by Crippen LogP contribution is -2.60. The molecule has 4 N–H and O–H groups in total. The monoisotopic (exact) mass is 440 g/mol. The summed E-state index contributed by atoms with van der Waals surface area (Å²) < 4.78 is 16.2. The number of esters is 1. The number of unbranched alkanes of at least 4 members (excludes halogenated alkanes) is 7. The number of aliphatic hydroxyl groups is 3. The maximum atomic E-state index is 12.0. The fourth-order valence-corrected chi connectivity index (χ4v) is 3.46. The molecule has 5 atom stereocenters. The molecule has 0 aromatic heterocycles. The number of aliphatic hydroxyl groups excluding tert-OH is 3. The maximum absolute atomic E-state index is 12.0. The molecule has 1 aromatic rings. The summed E-state index contributed by atoms with van der Waals surface area (Å²) in [5.41, 5.74) is 0. The number of phenols is 1. The summed E-state index contributed by atoms with van der Waals surface area (Å²) in [6.07, 6.45) is 2.54. The minimum absolute atomic E-state index is 0.0502. The second-order valence-electron chi connectivity index (χ2n) is 8.03. The molecule has 0 radical (unpaired) electrons. The lowest BCUT2D eigenvalue weighted by Gasteiger charge is -2.39. The van der Waals surface area contributed by atoms with Crippen LogP contribution >= 0.6 is 0 Å². The van der Waals surface area contributed by atoms with Crippen LogP contribution in [0.25, 0.3) is 0 Å². The zero-order chi connectivity index (χ0) is 22.6. The minimum Gasteiger partial charge on any atom is -0.508 e. The van der Waals surface area contributed by atoms with Crippen molar-refractivity contribution in [1.82, 2.24) is 0 Å². The highest BCUT2D eigenvalue weighted by Crippen LogP contribution is 2.25. The van der Waals surface area contributed by atoms with Gasteiger partial charge in [-0.15, -0.1) is 0 Å². The van der Waals surface area contributed by atoms with Crippen molar-refractivity contribution >= 4 is 5.97 Å². The van der Waals surface area contributed by atoms with Gasteiger partial charge in [0.05, 0.1) is 0 Å². The van der Waals surface area contributed by atoms with Crippen molar-refractivity contribution in [2.45, 2.75) is 95.4 Å². The van der Waals surface area contributed by atoms with E-state index < -0.39 is 36.7 Å². The predicted octanol–water partition coefficient (Wildman–Crippen LogP) is 2.65. The zero-order valence-corrected chi connectivity index (χ0v) is 18.2. The molecule has 0 spiro atoms. The Bertz CT molecular complexity index is 635. The van der Waals surface area contributed by atoms with Crippen LogP contribution in [-0.2, 0) is 14.3 Å². The van der Waals surface area contributed by atoms with Gasteiger partial charge < -0.3 is 34.6 Å².